The Balaban J connectivity index is 1.66. The van der Waals surface area contributed by atoms with Crippen molar-refractivity contribution in [3.05, 3.63) is 29.3 Å². The van der Waals surface area contributed by atoms with E-state index in [1.165, 1.54) is 0 Å². The van der Waals surface area contributed by atoms with Crippen LogP contribution in [-0.2, 0) is 9.53 Å². The third-order valence-corrected chi connectivity index (χ3v) is 4.22. The van der Waals surface area contributed by atoms with Crippen molar-refractivity contribution in [2.24, 2.45) is 5.92 Å². The van der Waals surface area contributed by atoms with Crippen molar-refractivity contribution in [3.8, 4) is 5.75 Å². The number of benzene rings is 1. The highest BCUT2D eigenvalue weighted by molar-refractivity contribution is 6.30. The summed E-state index contributed by atoms with van der Waals surface area (Å²) in [5, 5.41) is 3.50. The van der Waals surface area contributed by atoms with Crippen molar-refractivity contribution in [1.29, 1.82) is 0 Å². The molecule has 0 radical (unpaired) electrons. The Hall–Kier alpha value is -1.95. The van der Waals surface area contributed by atoms with E-state index in [1.54, 1.807) is 17.0 Å². The molecule has 26 heavy (non-hydrogen) atoms. The highest BCUT2D eigenvalue weighted by Gasteiger charge is 2.29. The van der Waals surface area contributed by atoms with Gasteiger partial charge >= 0.3 is 6.09 Å². The number of ether oxygens (including phenoxy) is 2. The topological polar surface area (TPSA) is 67.9 Å². The first-order valence-corrected chi connectivity index (χ1v) is 9.26. The molecule has 1 aliphatic heterocycles. The number of piperidine rings is 1. The fraction of sp³-hybridized carbons (Fsp3) is 0.579. The molecule has 0 unspecified atom stereocenters. The van der Waals surface area contributed by atoms with E-state index < -0.39 is 5.60 Å². The van der Waals surface area contributed by atoms with Crippen LogP contribution in [0.15, 0.2) is 24.3 Å². The van der Waals surface area contributed by atoms with Crippen molar-refractivity contribution >= 4 is 23.6 Å². The van der Waals surface area contributed by atoms with Gasteiger partial charge in [-0.05, 0) is 51.8 Å². The maximum Gasteiger partial charge on any atom is 0.410 e. The lowest BCUT2D eigenvalue weighted by Gasteiger charge is -2.32. The van der Waals surface area contributed by atoms with Gasteiger partial charge in [0, 0.05) is 24.0 Å². The largest absolute Gasteiger partial charge is 0.492 e. The van der Waals surface area contributed by atoms with E-state index in [9.17, 15) is 9.59 Å². The van der Waals surface area contributed by atoms with Gasteiger partial charge in [0.05, 0.1) is 6.54 Å². The minimum Gasteiger partial charge on any atom is -0.492 e. The van der Waals surface area contributed by atoms with Crippen LogP contribution in [0.1, 0.15) is 33.6 Å². The van der Waals surface area contributed by atoms with Gasteiger partial charge in [0.2, 0.25) is 5.91 Å². The number of carbonyl (C=O) groups is 2. The molecule has 1 N–H and O–H groups in total. The molecule has 1 aliphatic rings. The van der Waals surface area contributed by atoms with Crippen LogP contribution in [-0.4, -0.2) is 48.7 Å². The smallest absolute Gasteiger partial charge is 0.410 e. The molecule has 0 spiro atoms. The van der Waals surface area contributed by atoms with Crippen LogP contribution in [0.2, 0.25) is 5.02 Å². The van der Waals surface area contributed by atoms with Gasteiger partial charge in [0.1, 0.15) is 18.0 Å². The zero-order valence-corrected chi connectivity index (χ0v) is 16.3. The molecule has 1 saturated heterocycles. The van der Waals surface area contributed by atoms with E-state index in [2.05, 4.69) is 5.32 Å². The Kier molecular flexibility index (Phi) is 7.14. The molecule has 144 valence electrons. The summed E-state index contributed by atoms with van der Waals surface area (Å²) in [5.74, 6) is 0.598. The Morgan fingerprint density at radius 2 is 1.96 bits per heavy atom. The first-order chi connectivity index (χ1) is 12.2. The molecule has 2 rings (SSSR count). The molecule has 2 amide bonds. The summed E-state index contributed by atoms with van der Waals surface area (Å²) in [7, 11) is 0. The number of carbonyl (C=O) groups excluding carboxylic acids is 2. The van der Waals surface area contributed by atoms with Crippen LogP contribution >= 0.6 is 11.6 Å². The molecule has 7 heteroatoms. The summed E-state index contributed by atoms with van der Waals surface area (Å²) in [5.41, 5.74) is -0.506. The van der Waals surface area contributed by atoms with Gasteiger partial charge in [0.15, 0.2) is 0 Å². The average molecular weight is 383 g/mol. The average Bonchev–Trinajstić information content (AvgIpc) is 2.57. The highest BCUT2D eigenvalue weighted by atomic mass is 35.5. The summed E-state index contributed by atoms with van der Waals surface area (Å²) in [6.07, 6.45) is 0.965. The van der Waals surface area contributed by atoms with E-state index in [0.29, 0.717) is 49.9 Å². The Labute approximate surface area is 159 Å². The van der Waals surface area contributed by atoms with Gasteiger partial charge in [-0.3, -0.25) is 4.79 Å². The normalized spacial score (nSPS) is 15.5. The number of halogens is 1. The van der Waals surface area contributed by atoms with Crippen LogP contribution in [0.3, 0.4) is 0 Å². The monoisotopic (exact) mass is 382 g/mol. The van der Waals surface area contributed by atoms with Crippen LogP contribution < -0.4 is 10.1 Å². The van der Waals surface area contributed by atoms with Gasteiger partial charge in [-0.15, -0.1) is 0 Å². The number of likely N-dealkylation sites (tertiary alicyclic amines) is 1. The van der Waals surface area contributed by atoms with Crippen molar-refractivity contribution in [1.82, 2.24) is 10.2 Å². The molecular weight excluding hydrogens is 356 g/mol. The van der Waals surface area contributed by atoms with Crippen LogP contribution in [0.4, 0.5) is 4.79 Å². The number of hydrogen-bond donors (Lipinski definition) is 1. The standard InChI is InChI=1S/C19H27ClN2O4/c1-19(2,3)26-18(24)22-10-7-14(8-11-22)17(23)21-9-12-25-16-6-4-5-15(20)13-16/h4-6,13-14H,7-12H2,1-3H3,(H,21,23). The number of nitrogens with one attached hydrogen (secondary N) is 1. The molecule has 0 saturated carbocycles. The molecule has 0 atom stereocenters. The fourth-order valence-corrected chi connectivity index (χ4v) is 2.88. The van der Waals surface area contributed by atoms with Crippen LogP contribution in [0.5, 0.6) is 5.75 Å². The van der Waals surface area contributed by atoms with E-state index in [-0.39, 0.29) is 17.9 Å². The van der Waals surface area contributed by atoms with Crippen LogP contribution in [0, 0.1) is 5.92 Å². The van der Waals surface area contributed by atoms with E-state index in [1.807, 2.05) is 32.9 Å². The maximum atomic E-state index is 12.2. The van der Waals surface area contributed by atoms with E-state index >= 15 is 0 Å². The lowest BCUT2D eigenvalue weighted by molar-refractivity contribution is -0.126. The van der Waals surface area contributed by atoms with Gasteiger partial charge in [0.25, 0.3) is 0 Å². The summed E-state index contributed by atoms with van der Waals surface area (Å²) in [6.45, 7) is 7.40. The first-order valence-electron chi connectivity index (χ1n) is 8.88. The summed E-state index contributed by atoms with van der Waals surface area (Å²) in [6, 6.07) is 7.14. The minimum atomic E-state index is -0.506. The molecule has 0 aliphatic carbocycles. The third kappa shape index (κ3) is 6.75. The van der Waals surface area contributed by atoms with Crippen molar-refractivity contribution in [2.75, 3.05) is 26.2 Å². The summed E-state index contributed by atoms with van der Waals surface area (Å²) in [4.78, 5) is 25.9. The second-order valence-electron chi connectivity index (χ2n) is 7.34. The quantitative estimate of drug-likeness (QED) is 0.791. The fourth-order valence-electron chi connectivity index (χ4n) is 2.69. The first kappa shape index (κ1) is 20.4. The predicted octanol–water partition coefficient (Wildman–Crippen LogP) is 3.48. The van der Waals surface area contributed by atoms with Crippen LogP contribution in [0.25, 0.3) is 0 Å². The second kappa shape index (κ2) is 9.12. The van der Waals surface area contributed by atoms with Gasteiger partial charge in [-0.25, -0.2) is 4.79 Å². The predicted molar refractivity (Wildman–Crippen MR) is 100 cm³/mol. The zero-order valence-electron chi connectivity index (χ0n) is 15.6. The Bertz CT molecular complexity index is 622. The molecule has 0 aromatic heterocycles. The molecule has 1 aromatic rings. The van der Waals surface area contributed by atoms with Crippen molar-refractivity contribution < 1.29 is 19.1 Å². The highest BCUT2D eigenvalue weighted by Crippen LogP contribution is 2.20. The van der Waals surface area contributed by atoms with Gasteiger partial charge < -0.3 is 19.7 Å². The molecule has 1 aromatic carbocycles. The second-order valence-corrected chi connectivity index (χ2v) is 7.77. The molecule has 1 fully saturated rings. The maximum absolute atomic E-state index is 12.2. The van der Waals surface area contributed by atoms with Crippen molar-refractivity contribution in [2.45, 2.75) is 39.2 Å². The lowest BCUT2D eigenvalue weighted by Crippen LogP contribution is -2.45. The molecule has 1 heterocycles. The third-order valence-electron chi connectivity index (χ3n) is 3.98. The molecular formula is C19H27ClN2O4. The summed E-state index contributed by atoms with van der Waals surface area (Å²) >= 11 is 5.89. The molecule has 6 nitrogen and oxygen atoms in total. The SMILES string of the molecule is CC(C)(C)OC(=O)N1CCC(C(=O)NCCOc2cccc(Cl)c2)CC1. The van der Waals surface area contributed by atoms with Crippen molar-refractivity contribution in [3.63, 3.8) is 0 Å². The van der Waals surface area contributed by atoms with Gasteiger partial charge in [-0.2, -0.15) is 0 Å². The lowest BCUT2D eigenvalue weighted by atomic mass is 9.96. The number of amides is 2. The minimum absolute atomic E-state index is 0.00327. The number of nitrogens with zero attached hydrogens (tertiary/aromatic N) is 1. The number of hydrogen-bond acceptors (Lipinski definition) is 4. The van der Waals surface area contributed by atoms with Gasteiger partial charge in [-0.1, -0.05) is 17.7 Å². The Morgan fingerprint density at radius 1 is 1.27 bits per heavy atom. The zero-order chi connectivity index (χ0) is 19.2. The summed E-state index contributed by atoms with van der Waals surface area (Å²) < 4.78 is 10.9. The van der Waals surface area contributed by atoms with E-state index in [4.69, 9.17) is 21.1 Å². The van der Waals surface area contributed by atoms with E-state index in [0.717, 1.165) is 0 Å². The molecule has 0 bridgehead atoms. The Morgan fingerprint density at radius 3 is 2.58 bits per heavy atom. The number of rotatable bonds is 5.